The van der Waals surface area contributed by atoms with Gasteiger partial charge in [-0.3, -0.25) is 0 Å². The second-order valence-corrected chi connectivity index (χ2v) is 6.94. The van der Waals surface area contributed by atoms with Gasteiger partial charge >= 0.3 is 6.03 Å². The lowest BCUT2D eigenvalue weighted by atomic mass is 9.96. The maximum Gasteiger partial charge on any atom is 0.322 e. The van der Waals surface area contributed by atoms with Gasteiger partial charge in [-0.15, -0.1) is 0 Å². The van der Waals surface area contributed by atoms with Gasteiger partial charge in [0.15, 0.2) is 0 Å². The van der Waals surface area contributed by atoms with E-state index in [-0.39, 0.29) is 17.9 Å². The first-order chi connectivity index (χ1) is 11.6. The summed E-state index contributed by atoms with van der Waals surface area (Å²) >= 11 is 3.30. The number of carbonyl (C=O) groups is 1. The molecule has 0 aliphatic carbocycles. The minimum Gasteiger partial charge on any atom is -0.321 e. The van der Waals surface area contributed by atoms with Gasteiger partial charge in [-0.05, 0) is 65.4 Å². The van der Waals surface area contributed by atoms with E-state index in [9.17, 15) is 9.18 Å². The van der Waals surface area contributed by atoms with Crippen molar-refractivity contribution in [2.75, 3.05) is 11.9 Å². The quantitative estimate of drug-likeness (QED) is 0.765. The molecule has 1 atom stereocenters. The molecule has 1 unspecified atom stereocenters. The molecule has 0 aromatic heterocycles. The van der Waals surface area contributed by atoms with Crippen LogP contribution in [-0.4, -0.2) is 23.5 Å². The Kier molecular flexibility index (Phi) is 5.51. The fourth-order valence-electron chi connectivity index (χ4n) is 3.14. The van der Waals surface area contributed by atoms with Gasteiger partial charge in [-0.1, -0.05) is 30.3 Å². The van der Waals surface area contributed by atoms with Crippen LogP contribution in [0, 0.1) is 5.82 Å². The number of hydrogen-bond donors (Lipinski definition) is 1. The molecule has 1 aliphatic heterocycles. The summed E-state index contributed by atoms with van der Waals surface area (Å²) in [5.41, 5.74) is 1.83. The van der Waals surface area contributed by atoms with E-state index in [1.54, 1.807) is 6.07 Å². The molecule has 126 valence electrons. The van der Waals surface area contributed by atoms with E-state index in [1.165, 1.54) is 17.7 Å². The molecule has 1 N–H and O–H groups in total. The summed E-state index contributed by atoms with van der Waals surface area (Å²) in [6, 6.07) is 14.6. The van der Waals surface area contributed by atoms with Gasteiger partial charge in [0.05, 0.1) is 5.69 Å². The Morgan fingerprint density at radius 2 is 2.00 bits per heavy atom. The standard InChI is InChI=1S/C19H20BrFN2O/c20-17-13-15(21)9-10-18(17)22-19(24)23-11-5-4-8-16(23)12-14-6-2-1-3-7-14/h1-3,6-7,9-10,13,16H,4-5,8,11-12H2,(H,22,24). The Labute approximate surface area is 150 Å². The Bertz CT molecular complexity index is 708. The van der Waals surface area contributed by atoms with Crippen molar-refractivity contribution in [3.63, 3.8) is 0 Å². The second kappa shape index (κ2) is 7.79. The van der Waals surface area contributed by atoms with Gasteiger partial charge in [0.2, 0.25) is 0 Å². The average molecular weight is 391 g/mol. The lowest BCUT2D eigenvalue weighted by Gasteiger charge is -2.36. The van der Waals surface area contributed by atoms with E-state index < -0.39 is 0 Å². The summed E-state index contributed by atoms with van der Waals surface area (Å²) in [7, 11) is 0. The maximum absolute atomic E-state index is 13.2. The molecule has 0 bridgehead atoms. The minimum absolute atomic E-state index is 0.122. The zero-order valence-electron chi connectivity index (χ0n) is 13.3. The van der Waals surface area contributed by atoms with E-state index in [0.717, 1.165) is 32.2 Å². The monoisotopic (exact) mass is 390 g/mol. The number of likely N-dealkylation sites (tertiary alicyclic amines) is 1. The minimum atomic E-state index is -0.334. The van der Waals surface area contributed by atoms with Crippen LogP contribution >= 0.6 is 15.9 Å². The van der Waals surface area contributed by atoms with Crippen LogP contribution < -0.4 is 5.32 Å². The highest BCUT2D eigenvalue weighted by Crippen LogP contribution is 2.26. The van der Waals surface area contributed by atoms with Crippen molar-refractivity contribution in [2.45, 2.75) is 31.7 Å². The summed E-state index contributed by atoms with van der Waals surface area (Å²) in [6.45, 7) is 0.752. The summed E-state index contributed by atoms with van der Waals surface area (Å²) < 4.78 is 13.7. The Balaban J connectivity index is 1.71. The lowest BCUT2D eigenvalue weighted by molar-refractivity contribution is 0.162. The molecule has 1 aliphatic rings. The highest BCUT2D eigenvalue weighted by atomic mass is 79.9. The third-order valence-corrected chi connectivity index (χ3v) is 5.03. The number of rotatable bonds is 3. The van der Waals surface area contributed by atoms with Crippen LogP contribution in [0.1, 0.15) is 24.8 Å². The Morgan fingerprint density at radius 1 is 1.21 bits per heavy atom. The number of nitrogens with one attached hydrogen (secondary N) is 1. The van der Waals surface area contributed by atoms with Crippen LogP contribution in [0.2, 0.25) is 0 Å². The maximum atomic E-state index is 13.2. The molecule has 0 saturated carbocycles. The summed E-state index contributed by atoms with van der Waals surface area (Å²) in [6.07, 6.45) is 4.02. The number of nitrogens with zero attached hydrogens (tertiary/aromatic N) is 1. The van der Waals surface area contributed by atoms with Gasteiger partial charge in [-0.25, -0.2) is 9.18 Å². The lowest BCUT2D eigenvalue weighted by Crippen LogP contribution is -2.46. The number of hydrogen-bond acceptors (Lipinski definition) is 1. The van der Waals surface area contributed by atoms with Crippen LogP contribution in [0.15, 0.2) is 53.0 Å². The number of carbonyl (C=O) groups excluding carboxylic acids is 1. The molecule has 0 spiro atoms. The largest absolute Gasteiger partial charge is 0.322 e. The fourth-order valence-corrected chi connectivity index (χ4v) is 3.59. The number of benzene rings is 2. The van der Waals surface area contributed by atoms with Crippen molar-refractivity contribution in [3.8, 4) is 0 Å². The molecular weight excluding hydrogens is 371 g/mol. The molecule has 2 aromatic rings. The number of amides is 2. The van der Waals surface area contributed by atoms with Crippen LogP contribution in [-0.2, 0) is 6.42 Å². The number of halogens is 2. The first-order valence-corrected chi connectivity index (χ1v) is 8.99. The smallest absolute Gasteiger partial charge is 0.321 e. The van der Waals surface area contributed by atoms with Gasteiger partial charge in [0, 0.05) is 17.1 Å². The SMILES string of the molecule is O=C(Nc1ccc(F)cc1Br)N1CCCCC1Cc1ccccc1. The van der Waals surface area contributed by atoms with Gasteiger partial charge < -0.3 is 10.2 Å². The topological polar surface area (TPSA) is 32.3 Å². The van der Waals surface area contributed by atoms with Crippen molar-refractivity contribution in [2.24, 2.45) is 0 Å². The predicted octanol–water partition coefficient (Wildman–Crippen LogP) is 5.22. The highest BCUT2D eigenvalue weighted by Gasteiger charge is 2.27. The third-order valence-electron chi connectivity index (χ3n) is 4.37. The summed E-state index contributed by atoms with van der Waals surface area (Å²) in [5, 5.41) is 2.90. The molecule has 24 heavy (non-hydrogen) atoms. The van der Waals surface area contributed by atoms with Crippen molar-refractivity contribution in [1.29, 1.82) is 0 Å². The van der Waals surface area contributed by atoms with Crippen molar-refractivity contribution in [3.05, 3.63) is 64.4 Å². The Morgan fingerprint density at radius 3 is 2.75 bits per heavy atom. The van der Waals surface area contributed by atoms with E-state index in [4.69, 9.17) is 0 Å². The first-order valence-electron chi connectivity index (χ1n) is 8.20. The molecule has 1 heterocycles. The zero-order valence-corrected chi connectivity index (χ0v) is 14.9. The predicted molar refractivity (Wildman–Crippen MR) is 97.6 cm³/mol. The number of piperidine rings is 1. The fraction of sp³-hybridized carbons (Fsp3) is 0.316. The molecule has 1 saturated heterocycles. The molecule has 5 heteroatoms. The molecule has 3 rings (SSSR count). The van der Waals surface area contributed by atoms with Gasteiger partial charge in [-0.2, -0.15) is 0 Å². The highest BCUT2D eigenvalue weighted by molar-refractivity contribution is 9.10. The summed E-state index contributed by atoms with van der Waals surface area (Å²) in [4.78, 5) is 14.6. The van der Waals surface area contributed by atoms with Crippen molar-refractivity contribution < 1.29 is 9.18 Å². The molecular formula is C19H20BrFN2O. The molecule has 2 amide bonds. The average Bonchev–Trinajstić information content (AvgIpc) is 2.59. The molecule has 3 nitrogen and oxygen atoms in total. The first kappa shape index (κ1) is 17.0. The van der Waals surface area contributed by atoms with Gasteiger partial charge in [0.1, 0.15) is 5.82 Å². The van der Waals surface area contributed by atoms with E-state index in [0.29, 0.717) is 10.2 Å². The Hall–Kier alpha value is -1.88. The van der Waals surface area contributed by atoms with Crippen molar-refractivity contribution >= 4 is 27.6 Å². The van der Waals surface area contributed by atoms with Gasteiger partial charge in [0.25, 0.3) is 0 Å². The van der Waals surface area contributed by atoms with E-state index in [2.05, 4.69) is 33.4 Å². The van der Waals surface area contributed by atoms with Crippen LogP contribution in [0.4, 0.5) is 14.9 Å². The van der Waals surface area contributed by atoms with E-state index >= 15 is 0 Å². The van der Waals surface area contributed by atoms with Crippen LogP contribution in [0.3, 0.4) is 0 Å². The second-order valence-electron chi connectivity index (χ2n) is 6.09. The normalized spacial score (nSPS) is 17.6. The van der Waals surface area contributed by atoms with Crippen LogP contribution in [0.25, 0.3) is 0 Å². The van der Waals surface area contributed by atoms with Crippen LogP contribution in [0.5, 0.6) is 0 Å². The third kappa shape index (κ3) is 4.15. The van der Waals surface area contributed by atoms with E-state index in [1.807, 2.05) is 23.1 Å². The molecule has 0 radical (unpaired) electrons. The number of urea groups is 1. The molecule has 1 fully saturated rings. The zero-order chi connectivity index (χ0) is 16.9. The number of anilines is 1. The summed E-state index contributed by atoms with van der Waals surface area (Å²) in [5.74, 6) is -0.334. The van der Waals surface area contributed by atoms with Crippen molar-refractivity contribution in [1.82, 2.24) is 4.90 Å². The molecule has 2 aromatic carbocycles.